The Labute approximate surface area is 189 Å². The van der Waals surface area contributed by atoms with Crippen LogP contribution in [0.1, 0.15) is 72.2 Å². The summed E-state index contributed by atoms with van der Waals surface area (Å²) in [4.78, 5) is 32.7. The first-order chi connectivity index (χ1) is 15.1. The van der Waals surface area contributed by atoms with Crippen LogP contribution in [0.3, 0.4) is 0 Å². The Balaban J connectivity index is 1.68. The van der Waals surface area contributed by atoms with E-state index in [1.54, 1.807) is 38.2 Å². The number of aliphatic hydroxyl groups is 1. The number of aldehydes is 1. The molecule has 4 rings (SSSR count). The molecule has 1 fully saturated rings. The number of fused-ring (bicyclic) bond motifs is 1. The number of aryl methyl sites for hydroxylation is 1. The van der Waals surface area contributed by atoms with Crippen molar-refractivity contribution in [2.75, 3.05) is 5.32 Å². The number of pyridine rings is 1. The molecule has 32 heavy (non-hydrogen) atoms. The normalized spacial score (nSPS) is 19.2. The second-order valence-electron chi connectivity index (χ2n) is 8.99. The fourth-order valence-corrected chi connectivity index (χ4v) is 5.36. The molecule has 8 heteroatoms. The lowest BCUT2D eigenvalue weighted by Gasteiger charge is -2.23. The van der Waals surface area contributed by atoms with E-state index in [-0.39, 0.29) is 11.6 Å². The van der Waals surface area contributed by atoms with E-state index in [0.29, 0.717) is 22.9 Å². The van der Waals surface area contributed by atoms with Gasteiger partial charge in [-0.05, 0) is 64.7 Å². The predicted molar refractivity (Wildman–Crippen MR) is 123 cm³/mol. The SMILES string of the molecule is Cc1cc(F)cc(C(=O)Nc2cc3sc(C4CCC(C=O)CC4)nc3cc2C(C)(C)O)n1. The first kappa shape index (κ1) is 22.5. The number of nitrogens with one attached hydrogen (secondary N) is 1. The molecule has 0 spiro atoms. The zero-order valence-electron chi connectivity index (χ0n) is 18.3. The number of thiazole rings is 1. The van der Waals surface area contributed by atoms with Gasteiger partial charge in [0.2, 0.25) is 0 Å². The number of carbonyl (C=O) groups excluding carboxylic acids is 2. The molecule has 168 valence electrons. The Morgan fingerprint density at radius 2 is 1.91 bits per heavy atom. The van der Waals surface area contributed by atoms with E-state index >= 15 is 0 Å². The number of anilines is 1. The quantitative estimate of drug-likeness (QED) is 0.523. The number of benzene rings is 1. The molecule has 1 saturated carbocycles. The van der Waals surface area contributed by atoms with Crippen molar-refractivity contribution in [1.82, 2.24) is 9.97 Å². The van der Waals surface area contributed by atoms with Crippen molar-refractivity contribution >= 4 is 39.4 Å². The second-order valence-corrected chi connectivity index (χ2v) is 10.1. The fourth-order valence-electron chi connectivity index (χ4n) is 4.21. The molecule has 1 amide bonds. The molecule has 0 saturated heterocycles. The van der Waals surface area contributed by atoms with E-state index < -0.39 is 17.3 Å². The van der Waals surface area contributed by atoms with Crippen molar-refractivity contribution in [3.05, 3.63) is 52.0 Å². The van der Waals surface area contributed by atoms with Gasteiger partial charge in [-0.1, -0.05) is 0 Å². The largest absolute Gasteiger partial charge is 0.386 e. The van der Waals surface area contributed by atoms with Gasteiger partial charge in [-0.15, -0.1) is 11.3 Å². The molecule has 2 heterocycles. The predicted octanol–water partition coefficient (Wildman–Crippen LogP) is 5.09. The maximum absolute atomic E-state index is 13.7. The number of halogens is 1. The maximum Gasteiger partial charge on any atom is 0.274 e. The Hall–Kier alpha value is -2.71. The number of aromatic nitrogens is 2. The molecule has 2 aromatic heterocycles. The summed E-state index contributed by atoms with van der Waals surface area (Å²) >= 11 is 1.57. The second kappa shape index (κ2) is 8.67. The zero-order valence-corrected chi connectivity index (χ0v) is 19.1. The molecule has 6 nitrogen and oxygen atoms in total. The maximum atomic E-state index is 13.7. The van der Waals surface area contributed by atoms with Crippen molar-refractivity contribution < 1.29 is 19.1 Å². The van der Waals surface area contributed by atoms with Crippen LogP contribution in [0, 0.1) is 18.7 Å². The van der Waals surface area contributed by atoms with Gasteiger partial charge < -0.3 is 15.2 Å². The number of amides is 1. The van der Waals surface area contributed by atoms with E-state index in [0.717, 1.165) is 53.3 Å². The van der Waals surface area contributed by atoms with Gasteiger partial charge in [-0.25, -0.2) is 14.4 Å². The fraction of sp³-hybridized carbons (Fsp3) is 0.417. The third-order valence-corrected chi connectivity index (χ3v) is 7.10. The summed E-state index contributed by atoms with van der Waals surface area (Å²) in [6, 6.07) is 5.95. The van der Waals surface area contributed by atoms with Crippen molar-refractivity contribution in [2.45, 2.75) is 58.0 Å². The lowest BCUT2D eigenvalue weighted by Crippen LogP contribution is -2.21. The molecule has 1 aliphatic carbocycles. The first-order valence-electron chi connectivity index (χ1n) is 10.7. The van der Waals surface area contributed by atoms with E-state index in [1.807, 2.05) is 6.07 Å². The highest BCUT2D eigenvalue weighted by atomic mass is 32.1. The van der Waals surface area contributed by atoms with Crippen LogP contribution in [-0.4, -0.2) is 27.3 Å². The van der Waals surface area contributed by atoms with Crippen LogP contribution in [0.15, 0.2) is 24.3 Å². The van der Waals surface area contributed by atoms with Gasteiger partial charge in [0.1, 0.15) is 17.8 Å². The molecule has 0 bridgehead atoms. The van der Waals surface area contributed by atoms with Gasteiger partial charge in [0.25, 0.3) is 5.91 Å². The minimum absolute atomic E-state index is 0.0266. The van der Waals surface area contributed by atoms with Crippen LogP contribution in [0.2, 0.25) is 0 Å². The third kappa shape index (κ3) is 4.71. The summed E-state index contributed by atoms with van der Waals surface area (Å²) in [6.45, 7) is 4.90. The molecule has 0 atom stereocenters. The Kier molecular flexibility index (Phi) is 6.09. The van der Waals surface area contributed by atoms with E-state index in [2.05, 4.69) is 10.3 Å². The Morgan fingerprint density at radius 3 is 2.53 bits per heavy atom. The van der Waals surface area contributed by atoms with E-state index in [1.165, 1.54) is 6.07 Å². The lowest BCUT2D eigenvalue weighted by molar-refractivity contribution is -0.111. The molecule has 2 N–H and O–H groups in total. The van der Waals surface area contributed by atoms with Crippen LogP contribution in [0.4, 0.5) is 10.1 Å². The number of rotatable bonds is 5. The van der Waals surface area contributed by atoms with Gasteiger partial charge in [-0.2, -0.15) is 0 Å². The summed E-state index contributed by atoms with van der Waals surface area (Å²) in [5.74, 6) is -0.623. The monoisotopic (exact) mass is 455 g/mol. The average Bonchev–Trinajstić information content (AvgIpc) is 3.15. The molecule has 1 aliphatic rings. The van der Waals surface area contributed by atoms with E-state index in [9.17, 15) is 19.1 Å². The highest BCUT2D eigenvalue weighted by Gasteiger charge is 2.27. The van der Waals surface area contributed by atoms with Gasteiger partial charge in [0.05, 0.1) is 20.8 Å². The first-order valence-corrected chi connectivity index (χ1v) is 11.5. The summed E-state index contributed by atoms with van der Waals surface area (Å²) in [5.41, 5.74) is 0.878. The summed E-state index contributed by atoms with van der Waals surface area (Å²) in [7, 11) is 0. The van der Waals surface area contributed by atoms with Crippen LogP contribution in [0.5, 0.6) is 0 Å². The summed E-state index contributed by atoms with van der Waals surface area (Å²) in [6.07, 6.45) is 4.65. The standard InChI is InChI=1S/C24H26FN3O3S/c1-13-8-16(25)9-20(26-13)22(30)27-18-11-21-19(10-17(18)24(2,3)31)28-23(32-21)15-6-4-14(12-29)5-7-15/h8-12,14-15,31H,4-7H2,1-3H3,(H,27,30). The molecule has 0 unspecified atom stereocenters. The topological polar surface area (TPSA) is 92.2 Å². The zero-order chi connectivity index (χ0) is 23.0. The van der Waals surface area contributed by atoms with Crippen molar-refractivity contribution in [2.24, 2.45) is 5.92 Å². The van der Waals surface area contributed by atoms with Crippen LogP contribution >= 0.6 is 11.3 Å². The number of hydrogen-bond donors (Lipinski definition) is 2. The summed E-state index contributed by atoms with van der Waals surface area (Å²) < 4.78 is 14.6. The van der Waals surface area contributed by atoms with Crippen LogP contribution in [-0.2, 0) is 10.4 Å². The average molecular weight is 456 g/mol. The molecule has 0 radical (unpaired) electrons. The summed E-state index contributed by atoms with van der Waals surface area (Å²) in [5, 5.41) is 14.5. The van der Waals surface area contributed by atoms with Crippen LogP contribution < -0.4 is 5.32 Å². The Bertz CT molecular complexity index is 1160. The number of nitrogens with zero attached hydrogens (tertiary/aromatic N) is 2. The minimum atomic E-state index is -1.23. The minimum Gasteiger partial charge on any atom is -0.386 e. The number of hydrogen-bond acceptors (Lipinski definition) is 6. The Morgan fingerprint density at radius 1 is 1.19 bits per heavy atom. The molecular weight excluding hydrogens is 429 g/mol. The van der Waals surface area contributed by atoms with Gasteiger partial charge >= 0.3 is 0 Å². The lowest BCUT2D eigenvalue weighted by atomic mass is 9.83. The van der Waals surface area contributed by atoms with Gasteiger partial charge in [-0.3, -0.25) is 4.79 Å². The van der Waals surface area contributed by atoms with Gasteiger partial charge in [0, 0.05) is 34.8 Å². The molecule has 1 aromatic carbocycles. The smallest absolute Gasteiger partial charge is 0.274 e. The molecular formula is C24H26FN3O3S. The van der Waals surface area contributed by atoms with Crippen LogP contribution in [0.25, 0.3) is 10.2 Å². The van der Waals surface area contributed by atoms with Gasteiger partial charge in [0.15, 0.2) is 0 Å². The highest BCUT2D eigenvalue weighted by Crippen LogP contribution is 2.40. The molecule has 0 aliphatic heterocycles. The third-order valence-electron chi connectivity index (χ3n) is 5.92. The van der Waals surface area contributed by atoms with Crippen molar-refractivity contribution in [3.8, 4) is 0 Å². The highest BCUT2D eigenvalue weighted by molar-refractivity contribution is 7.18. The number of carbonyl (C=O) groups is 2. The van der Waals surface area contributed by atoms with E-state index in [4.69, 9.17) is 4.98 Å². The van der Waals surface area contributed by atoms with Crippen molar-refractivity contribution in [1.29, 1.82) is 0 Å². The van der Waals surface area contributed by atoms with Crippen molar-refractivity contribution in [3.63, 3.8) is 0 Å². The molecule has 3 aromatic rings.